The second-order valence-electron chi connectivity index (χ2n) is 3.89. The number of aliphatic hydroxyl groups excluding tert-OH is 1. The van der Waals surface area contributed by atoms with Gasteiger partial charge >= 0.3 is 0 Å². The Morgan fingerprint density at radius 1 is 1.29 bits per heavy atom. The molecule has 4 nitrogen and oxygen atoms in total. The van der Waals surface area contributed by atoms with Crippen LogP contribution in [0.25, 0.3) is 0 Å². The van der Waals surface area contributed by atoms with Crippen molar-refractivity contribution in [2.24, 2.45) is 0 Å². The molecule has 0 fully saturated rings. The van der Waals surface area contributed by atoms with Crippen LogP contribution in [0, 0.1) is 0 Å². The highest BCUT2D eigenvalue weighted by atomic mass is 79.9. The summed E-state index contributed by atoms with van der Waals surface area (Å²) in [7, 11) is 0. The fourth-order valence-electron chi connectivity index (χ4n) is 1.82. The fraction of sp³-hybridized carbons (Fsp3) is 0.500. The topological polar surface area (TPSA) is 58.9 Å². The third kappa shape index (κ3) is 2.66. The van der Waals surface area contributed by atoms with Crippen molar-refractivity contribution < 1.29 is 19.7 Å². The van der Waals surface area contributed by atoms with Crippen LogP contribution in [-0.2, 0) is 6.42 Å². The van der Waals surface area contributed by atoms with Gasteiger partial charge in [-0.05, 0) is 28.8 Å². The first-order valence-corrected chi connectivity index (χ1v) is 6.44. The Kier molecular flexibility index (Phi) is 4.12. The molecule has 0 radical (unpaired) electrons. The third-order valence-electron chi connectivity index (χ3n) is 2.65. The number of halogens is 1. The molecule has 1 aliphatic rings. The van der Waals surface area contributed by atoms with E-state index in [1.165, 1.54) is 0 Å². The second-order valence-corrected chi connectivity index (χ2v) is 4.74. The van der Waals surface area contributed by atoms with E-state index in [2.05, 4.69) is 15.9 Å². The maximum Gasteiger partial charge on any atom is 0.168 e. The number of ether oxygens (including phenoxy) is 2. The van der Waals surface area contributed by atoms with Crippen molar-refractivity contribution in [3.8, 4) is 17.2 Å². The van der Waals surface area contributed by atoms with Gasteiger partial charge in [-0.25, -0.2) is 0 Å². The number of hydrogen-bond acceptors (Lipinski definition) is 4. The predicted molar refractivity (Wildman–Crippen MR) is 66.8 cm³/mol. The molecule has 0 aliphatic carbocycles. The molecule has 1 aliphatic heterocycles. The third-order valence-corrected chi connectivity index (χ3v) is 3.25. The molecule has 2 N–H and O–H groups in total. The Morgan fingerprint density at radius 2 is 2.06 bits per heavy atom. The van der Waals surface area contributed by atoms with Gasteiger partial charge in [-0.15, -0.1) is 0 Å². The lowest BCUT2D eigenvalue weighted by molar-refractivity contribution is 0.283. The standard InChI is InChI=1S/C12H15BrO4/c13-9-7-10-12(17-6-2-5-16-10)8(11(9)15)3-1-4-14/h7,14-15H,1-6H2. The molecule has 17 heavy (non-hydrogen) atoms. The fourth-order valence-corrected chi connectivity index (χ4v) is 2.27. The average molecular weight is 303 g/mol. The van der Waals surface area contributed by atoms with Crippen LogP contribution >= 0.6 is 15.9 Å². The van der Waals surface area contributed by atoms with E-state index in [0.29, 0.717) is 47.6 Å². The number of fused-ring (bicyclic) bond motifs is 1. The van der Waals surface area contributed by atoms with Crippen molar-refractivity contribution in [1.29, 1.82) is 0 Å². The summed E-state index contributed by atoms with van der Waals surface area (Å²) in [6, 6.07) is 1.72. The van der Waals surface area contributed by atoms with E-state index < -0.39 is 0 Å². The van der Waals surface area contributed by atoms with Gasteiger partial charge in [0.15, 0.2) is 11.5 Å². The molecule has 0 saturated heterocycles. The minimum Gasteiger partial charge on any atom is -0.506 e. The number of aromatic hydroxyl groups is 1. The first-order chi connectivity index (χ1) is 8.24. The average Bonchev–Trinajstić information content (AvgIpc) is 2.55. The summed E-state index contributed by atoms with van der Waals surface area (Å²) in [5.74, 6) is 1.43. The Balaban J connectivity index is 2.42. The normalized spacial score (nSPS) is 14.5. The van der Waals surface area contributed by atoms with Crippen LogP contribution < -0.4 is 9.47 Å². The zero-order chi connectivity index (χ0) is 12.3. The minimum atomic E-state index is 0.0849. The Labute approximate surface area is 108 Å². The van der Waals surface area contributed by atoms with Crippen LogP contribution in [-0.4, -0.2) is 30.0 Å². The van der Waals surface area contributed by atoms with Gasteiger partial charge in [0.2, 0.25) is 0 Å². The van der Waals surface area contributed by atoms with Gasteiger partial charge in [-0.3, -0.25) is 0 Å². The molecule has 2 rings (SSSR count). The summed E-state index contributed by atoms with van der Waals surface area (Å²) in [5, 5.41) is 18.9. The summed E-state index contributed by atoms with van der Waals surface area (Å²) < 4.78 is 11.8. The SMILES string of the molecule is OCCCc1c(O)c(Br)cc2c1OCCCO2. The van der Waals surface area contributed by atoms with Crippen LogP contribution in [0.2, 0.25) is 0 Å². The van der Waals surface area contributed by atoms with E-state index >= 15 is 0 Å². The summed E-state index contributed by atoms with van der Waals surface area (Å²) in [6.07, 6.45) is 1.97. The molecule has 1 aromatic rings. The Hall–Kier alpha value is -0.940. The smallest absolute Gasteiger partial charge is 0.168 e. The number of hydrogen-bond donors (Lipinski definition) is 2. The molecule has 0 spiro atoms. The quantitative estimate of drug-likeness (QED) is 0.899. The lowest BCUT2D eigenvalue weighted by Gasteiger charge is -2.15. The van der Waals surface area contributed by atoms with Gasteiger partial charge in [-0.1, -0.05) is 0 Å². The van der Waals surface area contributed by atoms with Gasteiger partial charge < -0.3 is 19.7 Å². The Morgan fingerprint density at radius 3 is 2.82 bits per heavy atom. The highest BCUT2D eigenvalue weighted by Crippen LogP contribution is 2.43. The van der Waals surface area contributed by atoms with Crippen molar-refractivity contribution in [3.63, 3.8) is 0 Å². The van der Waals surface area contributed by atoms with E-state index in [1.54, 1.807) is 6.07 Å². The molecule has 0 saturated carbocycles. The molecule has 94 valence electrons. The zero-order valence-corrected chi connectivity index (χ0v) is 11.0. The first kappa shape index (κ1) is 12.5. The zero-order valence-electron chi connectivity index (χ0n) is 9.41. The largest absolute Gasteiger partial charge is 0.506 e. The van der Waals surface area contributed by atoms with Gasteiger partial charge in [0, 0.05) is 24.7 Å². The number of phenols is 1. The molecular weight excluding hydrogens is 288 g/mol. The lowest BCUT2D eigenvalue weighted by Crippen LogP contribution is -2.00. The Bertz CT molecular complexity index is 406. The van der Waals surface area contributed by atoms with Crippen molar-refractivity contribution in [3.05, 3.63) is 16.1 Å². The van der Waals surface area contributed by atoms with Gasteiger partial charge in [0.25, 0.3) is 0 Å². The highest BCUT2D eigenvalue weighted by Gasteiger charge is 2.20. The molecule has 0 atom stereocenters. The maximum absolute atomic E-state index is 10.0. The second kappa shape index (κ2) is 5.60. The lowest BCUT2D eigenvalue weighted by atomic mass is 10.1. The van der Waals surface area contributed by atoms with Crippen LogP contribution in [0.3, 0.4) is 0 Å². The predicted octanol–water partition coefficient (Wildman–Crippen LogP) is 2.24. The van der Waals surface area contributed by atoms with Crippen molar-refractivity contribution in [1.82, 2.24) is 0 Å². The van der Waals surface area contributed by atoms with Gasteiger partial charge in [0.05, 0.1) is 17.7 Å². The molecule has 5 heteroatoms. The minimum absolute atomic E-state index is 0.0849. The summed E-state index contributed by atoms with van der Waals surface area (Å²) in [5.41, 5.74) is 0.699. The van der Waals surface area contributed by atoms with Gasteiger partial charge in [-0.2, -0.15) is 0 Å². The van der Waals surface area contributed by atoms with Crippen LogP contribution in [0.5, 0.6) is 17.2 Å². The summed E-state index contributed by atoms with van der Waals surface area (Å²) in [6.45, 7) is 1.28. The van der Waals surface area contributed by atoms with E-state index in [4.69, 9.17) is 14.6 Å². The van der Waals surface area contributed by atoms with Crippen molar-refractivity contribution >= 4 is 15.9 Å². The maximum atomic E-state index is 10.0. The number of rotatable bonds is 3. The van der Waals surface area contributed by atoms with Crippen LogP contribution in [0.15, 0.2) is 10.5 Å². The van der Waals surface area contributed by atoms with Crippen LogP contribution in [0.4, 0.5) is 0 Å². The van der Waals surface area contributed by atoms with E-state index in [0.717, 1.165) is 6.42 Å². The molecule has 1 aromatic carbocycles. The summed E-state index contributed by atoms with van der Waals surface area (Å²) >= 11 is 3.29. The molecule has 0 amide bonds. The van der Waals surface area contributed by atoms with E-state index in [9.17, 15) is 5.11 Å². The van der Waals surface area contributed by atoms with Crippen LogP contribution in [0.1, 0.15) is 18.4 Å². The number of phenolic OH excluding ortho intramolecular Hbond substituents is 1. The van der Waals surface area contributed by atoms with E-state index in [-0.39, 0.29) is 12.4 Å². The van der Waals surface area contributed by atoms with E-state index in [1.807, 2.05) is 0 Å². The summed E-state index contributed by atoms with van der Waals surface area (Å²) in [4.78, 5) is 0. The highest BCUT2D eigenvalue weighted by molar-refractivity contribution is 9.10. The molecule has 1 heterocycles. The molecule has 0 unspecified atom stereocenters. The molecule has 0 aromatic heterocycles. The number of aliphatic hydroxyl groups is 1. The first-order valence-electron chi connectivity index (χ1n) is 5.65. The number of benzene rings is 1. The van der Waals surface area contributed by atoms with Crippen molar-refractivity contribution in [2.45, 2.75) is 19.3 Å². The monoisotopic (exact) mass is 302 g/mol. The molecule has 0 bridgehead atoms. The van der Waals surface area contributed by atoms with Gasteiger partial charge in [0.1, 0.15) is 5.75 Å². The van der Waals surface area contributed by atoms with Crippen molar-refractivity contribution in [2.75, 3.05) is 19.8 Å². The molecular formula is C12H15BrO4.